The Morgan fingerprint density at radius 1 is 1.14 bits per heavy atom. The molecule has 0 fully saturated rings. The SMILES string of the molecule is N#CCC(C#N)CCc1ccccc1. The lowest BCUT2D eigenvalue weighted by molar-refractivity contribution is 0.617. The molecule has 0 aromatic heterocycles. The summed E-state index contributed by atoms with van der Waals surface area (Å²) in [5.74, 6) is -0.125. The fourth-order valence-corrected chi connectivity index (χ4v) is 1.31. The quantitative estimate of drug-likeness (QED) is 0.722. The van der Waals surface area contributed by atoms with E-state index >= 15 is 0 Å². The van der Waals surface area contributed by atoms with Crippen LogP contribution in [-0.4, -0.2) is 0 Å². The molecule has 70 valence electrons. The van der Waals surface area contributed by atoms with E-state index in [1.165, 1.54) is 5.56 Å². The van der Waals surface area contributed by atoms with E-state index in [0.29, 0.717) is 6.42 Å². The fraction of sp³-hybridized carbons (Fsp3) is 0.333. The molecule has 0 N–H and O–H groups in total. The van der Waals surface area contributed by atoms with Crippen LogP contribution in [0.1, 0.15) is 18.4 Å². The van der Waals surface area contributed by atoms with Crippen LogP contribution < -0.4 is 0 Å². The van der Waals surface area contributed by atoms with Crippen molar-refractivity contribution in [3.05, 3.63) is 35.9 Å². The average Bonchev–Trinajstić information content (AvgIpc) is 2.25. The van der Waals surface area contributed by atoms with Crippen molar-refractivity contribution in [2.75, 3.05) is 0 Å². The highest BCUT2D eigenvalue weighted by Crippen LogP contribution is 2.11. The van der Waals surface area contributed by atoms with Gasteiger partial charge in [0.25, 0.3) is 0 Å². The Balaban J connectivity index is 2.41. The Labute approximate surface area is 84.4 Å². The van der Waals surface area contributed by atoms with Crippen LogP contribution in [0.15, 0.2) is 30.3 Å². The predicted octanol–water partition coefficient (Wildman–Crippen LogP) is 2.67. The van der Waals surface area contributed by atoms with E-state index in [-0.39, 0.29) is 5.92 Å². The van der Waals surface area contributed by atoms with E-state index in [9.17, 15) is 0 Å². The fourth-order valence-electron chi connectivity index (χ4n) is 1.31. The van der Waals surface area contributed by atoms with Gasteiger partial charge in [-0.25, -0.2) is 0 Å². The Kier molecular flexibility index (Phi) is 4.24. The first-order valence-corrected chi connectivity index (χ1v) is 4.67. The molecule has 0 aliphatic carbocycles. The van der Waals surface area contributed by atoms with Crippen LogP contribution in [-0.2, 0) is 6.42 Å². The summed E-state index contributed by atoms with van der Waals surface area (Å²) in [6.07, 6.45) is 1.98. The van der Waals surface area contributed by atoms with Gasteiger partial charge in [0.1, 0.15) is 0 Å². The molecule has 14 heavy (non-hydrogen) atoms. The number of aryl methyl sites for hydroxylation is 1. The van der Waals surface area contributed by atoms with Crippen molar-refractivity contribution in [1.29, 1.82) is 10.5 Å². The molecule has 0 radical (unpaired) electrons. The molecule has 0 bridgehead atoms. The minimum absolute atomic E-state index is 0.125. The summed E-state index contributed by atoms with van der Waals surface area (Å²) in [5, 5.41) is 17.2. The van der Waals surface area contributed by atoms with Crippen LogP contribution in [0.4, 0.5) is 0 Å². The molecule has 0 heterocycles. The highest BCUT2D eigenvalue weighted by atomic mass is 14.3. The number of hydrogen-bond donors (Lipinski definition) is 0. The number of rotatable bonds is 4. The van der Waals surface area contributed by atoms with E-state index in [4.69, 9.17) is 10.5 Å². The molecule has 1 rings (SSSR count). The summed E-state index contributed by atoms with van der Waals surface area (Å²) in [6, 6.07) is 14.2. The highest BCUT2D eigenvalue weighted by molar-refractivity contribution is 5.15. The molecule has 0 spiro atoms. The molecule has 1 unspecified atom stereocenters. The van der Waals surface area contributed by atoms with E-state index < -0.39 is 0 Å². The van der Waals surface area contributed by atoms with Crippen molar-refractivity contribution in [2.24, 2.45) is 5.92 Å². The van der Waals surface area contributed by atoms with Gasteiger partial charge in [-0.05, 0) is 18.4 Å². The van der Waals surface area contributed by atoms with Crippen LogP contribution >= 0.6 is 0 Å². The molecule has 0 aliphatic rings. The zero-order chi connectivity index (χ0) is 10.2. The van der Waals surface area contributed by atoms with Crippen molar-refractivity contribution in [1.82, 2.24) is 0 Å². The maximum Gasteiger partial charge on any atom is 0.0666 e. The van der Waals surface area contributed by atoms with Crippen LogP contribution in [0.3, 0.4) is 0 Å². The smallest absolute Gasteiger partial charge is 0.0666 e. The van der Waals surface area contributed by atoms with Gasteiger partial charge in [0.15, 0.2) is 0 Å². The third kappa shape index (κ3) is 3.29. The molecule has 0 saturated heterocycles. The zero-order valence-corrected chi connectivity index (χ0v) is 7.98. The lowest BCUT2D eigenvalue weighted by Gasteiger charge is -2.03. The van der Waals surface area contributed by atoms with E-state index in [0.717, 1.165) is 12.8 Å². The van der Waals surface area contributed by atoms with E-state index in [2.05, 4.69) is 6.07 Å². The third-order valence-electron chi connectivity index (χ3n) is 2.14. The van der Waals surface area contributed by atoms with E-state index in [1.54, 1.807) is 0 Å². The molecule has 0 amide bonds. The first kappa shape index (κ1) is 10.3. The minimum atomic E-state index is -0.125. The second-order valence-electron chi connectivity index (χ2n) is 3.21. The monoisotopic (exact) mass is 184 g/mol. The predicted molar refractivity (Wildman–Crippen MR) is 54.1 cm³/mol. The first-order chi connectivity index (χ1) is 6.86. The Morgan fingerprint density at radius 3 is 2.43 bits per heavy atom. The number of hydrogen-bond acceptors (Lipinski definition) is 2. The summed E-state index contributed by atoms with van der Waals surface area (Å²) in [7, 11) is 0. The van der Waals surface area contributed by atoms with Gasteiger partial charge in [0.05, 0.1) is 24.5 Å². The van der Waals surface area contributed by atoms with Crippen molar-refractivity contribution in [2.45, 2.75) is 19.3 Å². The largest absolute Gasteiger partial charge is 0.198 e. The normalized spacial score (nSPS) is 11.3. The van der Waals surface area contributed by atoms with Gasteiger partial charge in [-0.1, -0.05) is 30.3 Å². The summed E-state index contributed by atoms with van der Waals surface area (Å²) >= 11 is 0. The summed E-state index contributed by atoms with van der Waals surface area (Å²) < 4.78 is 0. The van der Waals surface area contributed by atoms with Crippen LogP contribution in [0.25, 0.3) is 0 Å². The Hall–Kier alpha value is -1.80. The molecule has 1 aromatic carbocycles. The van der Waals surface area contributed by atoms with Gasteiger partial charge in [-0.15, -0.1) is 0 Å². The van der Waals surface area contributed by atoms with Crippen molar-refractivity contribution in [3.8, 4) is 12.1 Å². The van der Waals surface area contributed by atoms with Gasteiger partial charge in [0, 0.05) is 0 Å². The summed E-state index contributed by atoms with van der Waals surface area (Å²) in [6.45, 7) is 0. The zero-order valence-electron chi connectivity index (χ0n) is 7.98. The number of nitriles is 2. The van der Waals surface area contributed by atoms with Gasteiger partial charge in [0.2, 0.25) is 0 Å². The van der Waals surface area contributed by atoms with Crippen molar-refractivity contribution in [3.63, 3.8) is 0 Å². The van der Waals surface area contributed by atoms with E-state index in [1.807, 2.05) is 36.4 Å². The Morgan fingerprint density at radius 2 is 1.86 bits per heavy atom. The maximum absolute atomic E-state index is 8.73. The molecular weight excluding hydrogens is 172 g/mol. The molecular formula is C12H12N2. The van der Waals surface area contributed by atoms with Gasteiger partial charge >= 0.3 is 0 Å². The van der Waals surface area contributed by atoms with Crippen molar-refractivity contribution < 1.29 is 0 Å². The van der Waals surface area contributed by atoms with Gasteiger partial charge < -0.3 is 0 Å². The summed E-state index contributed by atoms with van der Waals surface area (Å²) in [5.41, 5.74) is 1.23. The topological polar surface area (TPSA) is 47.6 Å². The second kappa shape index (κ2) is 5.78. The lowest BCUT2D eigenvalue weighted by atomic mass is 9.98. The highest BCUT2D eigenvalue weighted by Gasteiger charge is 2.06. The Bertz CT molecular complexity index is 343. The number of benzene rings is 1. The number of nitrogens with zero attached hydrogens (tertiary/aromatic N) is 2. The van der Waals surface area contributed by atoms with Crippen molar-refractivity contribution >= 4 is 0 Å². The standard InChI is InChI=1S/C12H12N2/c13-9-8-12(10-14)7-6-11-4-2-1-3-5-11/h1-5,12H,6-8H2. The molecule has 1 aromatic rings. The maximum atomic E-state index is 8.73. The second-order valence-corrected chi connectivity index (χ2v) is 3.21. The molecule has 2 heteroatoms. The first-order valence-electron chi connectivity index (χ1n) is 4.67. The van der Waals surface area contributed by atoms with Crippen LogP contribution in [0.5, 0.6) is 0 Å². The van der Waals surface area contributed by atoms with Gasteiger partial charge in [-0.3, -0.25) is 0 Å². The average molecular weight is 184 g/mol. The third-order valence-corrected chi connectivity index (χ3v) is 2.14. The molecule has 0 aliphatic heterocycles. The van der Waals surface area contributed by atoms with Crippen LogP contribution in [0, 0.1) is 28.6 Å². The summed E-state index contributed by atoms with van der Waals surface area (Å²) in [4.78, 5) is 0. The molecule has 2 nitrogen and oxygen atoms in total. The molecule has 0 saturated carbocycles. The van der Waals surface area contributed by atoms with Gasteiger partial charge in [-0.2, -0.15) is 10.5 Å². The van der Waals surface area contributed by atoms with Crippen LogP contribution in [0.2, 0.25) is 0 Å². The lowest BCUT2D eigenvalue weighted by Crippen LogP contribution is -1.98. The minimum Gasteiger partial charge on any atom is -0.198 e. The molecule has 1 atom stereocenters.